The van der Waals surface area contributed by atoms with E-state index in [1.54, 1.807) is 18.2 Å². The van der Waals surface area contributed by atoms with Crippen LogP contribution in [0, 0.1) is 13.7 Å². The standard InChI is InChI=1S/C17H9IN4O3S/c18-12-6-4-10(5-7-12)8-14-16(23)21-17(26-14)19-15(20-21)11-2-1-3-13(9-11)22(24)25/h1-9H/b14-8-. The Bertz CT molecular complexity index is 1250. The highest BCUT2D eigenvalue weighted by atomic mass is 127. The molecule has 128 valence electrons. The van der Waals surface area contributed by atoms with Crippen LogP contribution in [0.1, 0.15) is 5.56 Å². The Morgan fingerprint density at radius 2 is 1.96 bits per heavy atom. The van der Waals surface area contributed by atoms with Crippen molar-refractivity contribution in [3.63, 3.8) is 0 Å². The van der Waals surface area contributed by atoms with Crippen molar-refractivity contribution in [2.75, 3.05) is 0 Å². The summed E-state index contributed by atoms with van der Waals surface area (Å²) in [6.07, 6.45) is 1.80. The molecule has 2 heterocycles. The van der Waals surface area contributed by atoms with Crippen molar-refractivity contribution in [2.45, 2.75) is 0 Å². The van der Waals surface area contributed by atoms with Crippen molar-refractivity contribution in [3.05, 3.63) is 82.7 Å². The van der Waals surface area contributed by atoms with Gasteiger partial charge in [0.1, 0.15) is 0 Å². The van der Waals surface area contributed by atoms with E-state index in [0.29, 0.717) is 15.1 Å². The van der Waals surface area contributed by atoms with Gasteiger partial charge >= 0.3 is 0 Å². The molecule has 4 aromatic rings. The van der Waals surface area contributed by atoms with E-state index in [1.165, 1.54) is 28.0 Å². The molecule has 0 fully saturated rings. The van der Waals surface area contributed by atoms with E-state index in [-0.39, 0.29) is 17.1 Å². The van der Waals surface area contributed by atoms with Gasteiger partial charge in [0.25, 0.3) is 11.2 Å². The Kier molecular flexibility index (Phi) is 4.24. The van der Waals surface area contributed by atoms with Crippen LogP contribution in [0.5, 0.6) is 0 Å². The van der Waals surface area contributed by atoms with Gasteiger partial charge in [-0.25, -0.2) is 0 Å². The van der Waals surface area contributed by atoms with E-state index in [9.17, 15) is 14.9 Å². The van der Waals surface area contributed by atoms with Gasteiger partial charge in [-0.1, -0.05) is 35.6 Å². The van der Waals surface area contributed by atoms with Crippen molar-refractivity contribution in [1.82, 2.24) is 14.6 Å². The average molecular weight is 476 g/mol. The highest BCUT2D eigenvalue weighted by Gasteiger charge is 2.14. The van der Waals surface area contributed by atoms with Gasteiger partial charge in [0, 0.05) is 21.3 Å². The quantitative estimate of drug-likeness (QED) is 0.258. The van der Waals surface area contributed by atoms with Gasteiger partial charge in [0.2, 0.25) is 4.96 Å². The lowest BCUT2D eigenvalue weighted by atomic mass is 10.2. The lowest BCUT2D eigenvalue weighted by Crippen LogP contribution is -2.23. The topological polar surface area (TPSA) is 90.4 Å². The highest BCUT2D eigenvalue weighted by molar-refractivity contribution is 14.1. The number of aromatic nitrogens is 3. The number of nitro groups is 1. The molecule has 0 saturated heterocycles. The molecule has 0 saturated carbocycles. The zero-order valence-corrected chi connectivity index (χ0v) is 16.0. The summed E-state index contributed by atoms with van der Waals surface area (Å²) in [7, 11) is 0. The first-order valence-corrected chi connectivity index (χ1v) is 9.32. The number of halogens is 1. The molecule has 0 amide bonds. The number of hydrogen-bond donors (Lipinski definition) is 0. The van der Waals surface area contributed by atoms with E-state index in [0.717, 1.165) is 9.13 Å². The first-order chi connectivity index (χ1) is 12.5. The van der Waals surface area contributed by atoms with Crippen LogP contribution in [-0.2, 0) is 0 Å². The maximum Gasteiger partial charge on any atom is 0.291 e. The number of thiazole rings is 1. The second-order valence-electron chi connectivity index (χ2n) is 5.40. The molecule has 26 heavy (non-hydrogen) atoms. The van der Waals surface area contributed by atoms with Crippen molar-refractivity contribution >= 4 is 50.7 Å². The Hall–Kier alpha value is -2.66. The van der Waals surface area contributed by atoms with E-state index in [4.69, 9.17) is 0 Å². The number of hydrogen-bond acceptors (Lipinski definition) is 6. The summed E-state index contributed by atoms with van der Waals surface area (Å²) in [5.74, 6) is 0.290. The fourth-order valence-corrected chi connectivity index (χ4v) is 3.69. The largest absolute Gasteiger partial charge is 0.291 e. The van der Waals surface area contributed by atoms with Crippen molar-refractivity contribution < 1.29 is 4.92 Å². The number of rotatable bonds is 3. The molecule has 2 aromatic heterocycles. The summed E-state index contributed by atoms with van der Waals surface area (Å²) >= 11 is 3.46. The second kappa shape index (κ2) is 6.57. The fourth-order valence-electron chi connectivity index (χ4n) is 2.42. The van der Waals surface area contributed by atoms with Crippen LogP contribution in [0.15, 0.2) is 53.3 Å². The number of nitro benzene ring substituents is 1. The van der Waals surface area contributed by atoms with Crippen LogP contribution < -0.4 is 10.1 Å². The molecule has 0 aliphatic rings. The molecule has 4 rings (SSSR count). The predicted molar refractivity (Wildman–Crippen MR) is 107 cm³/mol. The van der Waals surface area contributed by atoms with Crippen LogP contribution >= 0.6 is 33.9 Å². The molecule has 2 aromatic carbocycles. The van der Waals surface area contributed by atoms with Crippen molar-refractivity contribution in [2.24, 2.45) is 0 Å². The minimum Gasteiger partial charge on any atom is -0.266 e. The third kappa shape index (κ3) is 3.10. The van der Waals surface area contributed by atoms with Crippen LogP contribution in [0.2, 0.25) is 0 Å². The molecular formula is C17H9IN4O3S. The normalized spacial score (nSPS) is 12.0. The Morgan fingerprint density at radius 1 is 1.19 bits per heavy atom. The molecule has 0 aliphatic heterocycles. The first kappa shape index (κ1) is 16.8. The molecule has 7 nitrogen and oxygen atoms in total. The second-order valence-corrected chi connectivity index (χ2v) is 7.66. The van der Waals surface area contributed by atoms with E-state index >= 15 is 0 Å². The van der Waals surface area contributed by atoms with E-state index in [2.05, 4.69) is 32.7 Å². The molecule has 0 spiro atoms. The molecule has 0 radical (unpaired) electrons. The lowest BCUT2D eigenvalue weighted by molar-refractivity contribution is -0.384. The van der Waals surface area contributed by atoms with Crippen molar-refractivity contribution in [1.29, 1.82) is 0 Å². The van der Waals surface area contributed by atoms with Gasteiger partial charge < -0.3 is 0 Å². The fraction of sp³-hybridized carbons (Fsp3) is 0. The summed E-state index contributed by atoms with van der Waals surface area (Å²) in [6.45, 7) is 0. The van der Waals surface area contributed by atoms with Gasteiger partial charge in [0.05, 0.1) is 9.46 Å². The summed E-state index contributed by atoms with van der Waals surface area (Å²) < 4.78 is 2.88. The predicted octanol–water partition coefficient (Wildman–Crippen LogP) is 2.88. The van der Waals surface area contributed by atoms with Gasteiger partial charge in [-0.05, 0) is 46.4 Å². The van der Waals surface area contributed by atoms with Gasteiger partial charge in [-0.3, -0.25) is 14.9 Å². The number of non-ortho nitro benzene ring substituents is 1. The smallest absolute Gasteiger partial charge is 0.266 e. The highest BCUT2D eigenvalue weighted by Crippen LogP contribution is 2.21. The van der Waals surface area contributed by atoms with E-state index in [1.807, 2.05) is 24.3 Å². The van der Waals surface area contributed by atoms with Crippen LogP contribution in [0.3, 0.4) is 0 Å². The third-order valence-electron chi connectivity index (χ3n) is 3.66. The summed E-state index contributed by atoms with van der Waals surface area (Å²) in [6, 6.07) is 13.8. The Morgan fingerprint density at radius 3 is 2.65 bits per heavy atom. The lowest BCUT2D eigenvalue weighted by Gasteiger charge is -1.94. The zero-order valence-electron chi connectivity index (χ0n) is 13.0. The Balaban J connectivity index is 1.79. The van der Waals surface area contributed by atoms with Crippen LogP contribution in [0.25, 0.3) is 22.4 Å². The molecule has 0 N–H and O–H groups in total. The zero-order chi connectivity index (χ0) is 18.3. The average Bonchev–Trinajstić information content (AvgIpc) is 3.17. The van der Waals surface area contributed by atoms with Gasteiger partial charge in [0.15, 0.2) is 5.82 Å². The summed E-state index contributed by atoms with van der Waals surface area (Å²) in [5, 5.41) is 15.1. The number of fused-ring (bicyclic) bond motifs is 1. The first-order valence-electron chi connectivity index (χ1n) is 7.43. The minimum atomic E-state index is -0.477. The third-order valence-corrected chi connectivity index (χ3v) is 5.34. The molecule has 0 bridgehead atoms. The van der Waals surface area contributed by atoms with E-state index < -0.39 is 4.92 Å². The number of benzene rings is 2. The van der Waals surface area contributed by atoms with Gasteiger partial charge in [-0.15, -0.1) is 5.10 Å². The molecule has 0 unspecified atom stereocenters. The SMILES string of the molecule is O=c1/c(=C/c2ccc(I)cc2)sc2nc(-c3cccc([N+](=O)[O-])c3)nn12. The monoisotopic (exact) mass is 476 g/mol. The minimum absolute atomic E-state index is 0.0456. The molecule has 0 atom stereocenters. The van der Waals surface area contributed by atoms with Gasteiger partial charge in [-0.2, -0.15) is 9.50 Å². The maximum absolute atomic E-state index is 12.5. The molecular weight excluding hydrogens is 467 g/mol. The van der Waals surface area contributed by atoms with Crippen LogP contribution in [0.4, 0.5) is 5.69 Å². The van der Waals surface area contributed by atoms with Crippen LogP contribution in [-0.4, -0.2) is 19.5 Å². The summed E-state index contributed by atoms with van der Waals surface area (Å²) in [5.41, 5.74) is 1.12. The maximum atomic E-state index is 12.5. The molecule has 9 heteroatoms. The summed E-state index contributed by atoms with van der Waals surface area (Å²) in [4.78, 5) is 27.8. The van der Waals surface area contributed by atoms with Crippen molar-refractivity contribution in [3.8, 4) is 11.4 Å². The Labute approximate surface area is 163 Å². The number of nitrogens with zero attached hydrogens (tertiary/aromatic N) is 4. The molecule has 0 aliphatic carbocycles.